The number of carbonyl (C=O) groups is 1. The second kappa shape index (κ2) is 6.07. The number of amides is 1. The summed E-state index contributed by atoms with van der Waals surface area (Å²) in [7, 11) is -2.13. The van der Waals surface area contributed by atoms with Gasteiger partial charge in [-0.25, -0.2) is 13.4 Å². The number of hydrazone groups is 1. The van der Waals surface area contributed by atoms with Crippen LogP contribution in [0.5, 0.6) is 0 Å². The van der Waals surface area contributed by atoms with Crippen molar-refractivity contribution >= 4 is 21.5 Å². The Morgan fingerprint density at radius 3 is 2.16 bits per heavy atom. The Hall–Kier alpha value is -2.55. The topological polar surface area (TPSA) is 99.1 Å². The molecule has 25 heavy (non-hydrogen) atoms. The van der Waals surface area contributed by atoms with Crippen molar-refractivity contribution in [3.8, 4) is 0 Å². The Morgan fingerprint density at radius 2 is 1.60 bits per heavy atom. The van der Waals surface area contributed by atoms with Crippen LogP contribution in [0.1, 0.15) is 12.5 Å². The van der Waals surface area contributed by atoms with E-state index in [2.05, 4.69) is 5.10 Å². The molecule has 2 aromatic carbocycles. The van der Waals surface area contributed by atoms with Crippen molar-refractivity contribution in [3.63, 3.8) is 0 Å². The second-order valence-corrected chi connectivity index (χ2v) is 7.80. The molecule has 2 aromatic rings. The summed E-state index contributed by atoms with van der Waals surface area (Å²) in [4.78, 5) is 12.5. The van der Waals surface area contributed by atoms with Gasteiger partial charge in [-0.3, -0.25) is 4.79 Å². The lowest BCUT2D eigenvalue weighted by Crippen LogP contribution is -2.53. The van der Waals surface area contributed by atoms with Gasteiger partial charge in [0.15, 0.2) is 5.54 Å². The Balaban J connectivity index is 1.99. The predicted molar refractivity (Wildman–Crippen MR) is 91.0 cm³/mol. The SMILES string of the molecule is CN1N=C(c2ccc(S(=O)(=O)c3ccccc3)cc2)C(C)(NO)C1=O. The van der Waals surface area contributed by atoms with Crippen molar-refractivity contribution < 1.29 is 18.4 Å². The fourth-order valence-corrected chi connectivity index (χ4v) is 3.98. The standard InChI is InChI=1S/C17H17N3O4S/c1-17(19-22)15(18-20(2)16(17)21)12-8-10-14(11-9-12)25(23,24)13-6-4-3-5-7-13/h3-11,19,22H,1-2H3. The fourth-order valence-electron chi connectivity index (χ4n) is 2.70. The highest BCUT2D eigenvalue weighted by atomic mass is 32.2. The number of likely N-dealkylation sites (N-methyl/N-ethyl adjacent to an activating group) is 1. The molecular formula is C17H17N3O4S. The molecular weight excluding hydrogens is 342 g/mol. The molecule has 8 heteroatoms. The van der Waals surface area contributed by atoms with E-state index in [9.17, 15) is 18.4 Å². The largest absolute Gasteiger partial charge is 0.315 e. The first-order chi connectivity index (χ1) is 11.8. The maximum Gasteiger partial charge on any atom is 0.270 e. The highest BCUT2D eigenvalue weighted by Crippen LogP contribution is 2.26. The summed E-state index contributed by atoms with van der Waals surface area (Å²) in [6.07, 6.45) is 0. The van der Waals surface area contributed by atoms with Gasteiger partial charge in [0.25, 0.3) is 5.91 Å². The molecule has 1 heterocycles. The molecule has 0 fully saturated rings. The van der Waals surface area contributed by atoms with Crippen LogP contribution in [0.25, 0.3) is 0 Å². The third-order valence-corrected chi connectivity index (χ3v) is 5.95. The summed E-state index contributed by atoms with van der Waals surface area (Å²) in [6, 6.07) is 14.2. The first-order valence-electron chi connectivity index (χ1n) is 7.50. The summed E-state index contributed by atoms with van der Waals surface area (Å²) in [5.74, 6) is -0.411. The fraction of sp³-hybridized carbons (Fsp3) is 0.176. The van der Waals surface area contributed by atoms with E-state index in [-0.39, 0.29) is 9.79 Å². The van der Waals surface area contributed by atoms with Gasteiger partial charge in [0, 0.05) is 12.6 Å². The number of nitrogens with one attached hydrogen (secondary N) is 1. The van der Waals surface area contributed by atoms with Gasteiger partial charge in [-0.05, 0) is 31.2 Å². The van der Waals surface area contributed by atoms with Crippen molar-refractivity contribution in [3.05, 3.63) is 60.2 Å². The van der Waals surface area contributed by atoms with Crippen LogP contribution in [0.2, 0.25) is 0 Å². The molecule has 0 bridgehead atoms. The molecule has 1 unspecified atom stereocenters. The van der Waals surface area contributed by atoms with Gasteiger partial charge in [-0.1, -0.05) is 30.3 Å². The normalized spacial score (nSPS) is 20.7. The number of hydrogen-bond donors (Lipinski definition) is 2. The minimum absolute atomic E-state index is 0.138. The Kier molecular flexibility index (Phi) is 4.19. The third-order valence-electron chi connectivity index (χ3n) is 4.16. The molecule has 1 aliphatic heterocycles. The molecule has 0 saturated heterocycles. The number of nitrogens with zero attached hydrogens (tertiary/aromatic N) is 2. The molecule has 3 rings (SSSR count). The smallest absolute Gasteiger partial charge is 0.270 e. The Morgan fingerprint density at radius 1 is 1.04 bits per heavy atom. The number of hydroxylamine groups is 1. The first kappa shape index (κ1) is 17.3. The van der Waals surface area contributed by atoms with Gasteiger partial charge in [0.1, 0.15) is 0 Å². The monoisotopic (exact) mass is 359 g/mol. The predicted octanol–water partition coefficient (Wildman–Crippen LogP) is 1.43. The Labute approximate surface area is 145 Å². The van der Waals surface area contributed by atoms with Crippen LogP contribution in [-0.2, 0) is 14.6 Å². The van der Waals surface area contributed by atoms with Gasteiger partial charge < -0.3 is 5.21 Å². The van der Waals surface area contributed by atoms with Gasteiger partial charge in [-0.2, -0.15) is 10.6 Å². The molecule has 0 aromatic heterocycles. The molecule has 0 aliphatic carbocycles. The highest BCUT2D eigenvalue weighted by Gasteiger charge is 2.46. The number of benzene rings is 2. The summed E-state index contributed by atoms with van der Waals surface area (Å²) >= 11 is 0. The van der Waals surface area contributed by atoms with E-state index < -0.39 is 21.3 Å². The molecule has 1 aliphatic rings. The maximum absolute atomic E-state index is 12.6. The number of sulfone groups is 1. The minimum atomic E-state index is -3.62. The van der Waals surface area contributed by atoms with Gasteiger partial charge >= 0.3 is 0 Å². The third kappa shape index (κ3) is 2.74. The van der Waals surface area contributed by atoms with E-state index in [0.717, 1.165) is 5.01 Å². The van der Waals surface area contributed by atoms with E-state index in [1.54, 1.807) is 30.3 Å². The maximum atomic E-state index is 12.6. The van der Waals surface area contributed by atoms with Crippen LogP contribution in [0.4, 0.5) is 0 Å². The molecule has 130 valence electrons. The van der Waals surface area contributed by atoms with Gasteiger partial charge in [0.05, 0.1) is 15.5 Å². The zero-order valence-corrected chi connectivity index (χ0v) is 14.5. The van der Waals surface area contributed by atoms with Crippen LogP contribution in [0.15, 0.2) is 69.5 Å². The van der Waals surface area contributed by atoms with Crippen molar-refractivity contribution in [1.29, 1.82) is 0 Å². The summed E-state index contributed by atoms with van der Waals surface area (Å²) in [5.41, 5.74) is 1.47. The van der Waals surface area contributed by atoms with Crippen molar-refractivity contribution in [2.75, 3.05) is 7.05 Å². The molecule has 0 radical (unpaired) electrons. The molecule has 2 N–H and O–H groups in total. The minimum Gasteiger partial charge on any atom is -0.315 e. The molecule has 0 spiro atoms. The number of rotatable bonds is 4. The van der Waals surface area contributed by atoms with E-state index in [1.165, 1.54) is 38.2 Å². The Bertz CT molecular complexity index is 940. The van der Waals surface area contributed by atoms with Crippen LogP contribution >= 0.6 is 0 Å². The summed E-state index contributed by atoms with van der Waals surface area (Å²) in [5, 5.41) is 14.7. The van der Waals surface area contributed by atoms with E-state index in [1.807, 2.05) is 5.48 Å². The van der Waals surface area contributed by atoms with Crippen molar-refractivity contribution in [2.24, 2.45) is 5.10 Å². The second-order valence-electron chi connectivity index (χ2n) is 5.86. The van der Waals surface area contributed by atoms with E-state index >= 15 is 0 Å². The van der Waals surface area contributed by atoms with Crippen LogP contribution in [-0.4, -0.2) is 42.8 Å². The average molecular weight is 359 g/mol. The lowest BCUT2D eigenvalue weighted by atomic mass is 9.91. The highest BCUT2D eigenvalue weighted by molar-refractivity contribution is 7.91. The van der Waals surface area contributed by atoms with Crippen LogP contribution in [0, 0.1) is 0 Å². The van der Waals surface area contributed by atoms with Crippen LogP contribution in [0.3, 0.4) is 0 Å². The first-order valence-corrected chi connectivity index (χ1v) is 8.98. The number of carbonyl (C=O) groups excluding carboxylic acids is 1. The quantitative estimate of drug-likeness (QED) is 0.805. The van der Waals surface area contributed by atoms with Gasteiger partial charge in [0.2, 0.25) is 9.84 Å². The van der Waals surface area contributed by atoms with Crippen molar-refractivity contribution in [2.45, 2.75) is 22.3 Å². The number of hydrogen-bond acceptors (Lipinski definition) is 6. The van der Waals surface area contributed by atoms with Crippen LogP contribution < -0.4 is 5.48 Å². The zero-order chi connectivity index (χ0) is 18.2. The molecule has 0 saturated carbocycles. The average Bonchev–Trinajstić information content (AvgIpc) is 2.87. The molecule has 1 atom stereocenters. The molecule has 7 nitrogen and oxygen atoms in total. The summed E-state index contributed by atoms with van der Waals surface area (Å²) < 4.78 is 25.2. The molecule has 1 amide bonds. The van der Waals surface area contributed by atoms with Crippen molar-refractivity contribution in [1.82, 2.24) is 10.5 Å². The zero-order valence-electron chi connectivity index (χ0n) is 13.7. The summed E-state index contributed by atoms with van der Waals surface area (Å²) in [6.45, 7) is 1.51. The lowest BCUT2D eigenvalue weighted by molar-refractivity contribution is -0.134. The van der Waals surface area contributed by atoms with Gasteiger partial charge in [-0.15, -0.1) is 0 Å². The lowest BCUT2D eigenvalue weighted by Gasteiger charge is -2.21. The van der Waals surface area contributed by atoms with E-state index in [4.69, 9.17) is 0 Å². The van der Waals surface area contributed by atoms with E-state index in [0.29, 0.717) is 11.3 Å².